The van der Waals surface area contributed by atoms with Crippen LogP contribution in [-0.2, 0) is 0 Å². The van der Waals surface area contributed by atoms with Crippen LogP contribution in [0.3, 0.4) is 0 Å². The molecule has 0 aliphatic carbocycles. The van der Waals surface area contributed by atoms with Crippen molar-refractivity contribution in [3.8, 4) is 11.5 Å². The summed E-state index contributed by atoms with van der Waals surface area (Å²) in [5.41, 5.74) is 0.941. The van der Waals surface area contributed by atoms with Gasteiger partial charge < -0.3 is 4.74 Å². The molecule has 88 valence electrons. The average molecular weight is 230 g/mol. The third-order valence-corrected chi connectivity index (χ3v) is 2.54. The van der Waals surface area contributed by atoms with Crippen LogP contribution in [-0.4, -0.2) is 0 Å². The van der Waals surface area contributed by atoms with Crippen molar-refractivity contribution in [3.63, 3.8) is 0 Å². The minimum absolute atomic E-state index is 0.262. The standard InChI is InChI=1S/C15H15FO/c1-11(2)12-8-13(16)10-15(9-12)17-14-6-4-3-5-7-14/h3-11H,1-2H3. The number of para-hydroxylation sites is 1. The third-order valence-electron chi connectivity index (χ3n) is 2.54. The molecule has 0 saturated heterocycles. The van der Waals surface area contributed by atoms with Crippen LogP contribution in [0, 0.1) is 5.82 Å². The Kier molecular flexibility index (Phi) is 3.43. The van der Waals surface area contributed by atoms with Gasteiger partial charge in [0.15, 0.2) is 0 Å². The highest BCUT2D eigenvalue weighted by Crippen LogP contribution is 2.26. The Bertz CT molecular complexity index is 492. The molecule has 1 nitrogen and oxygen atoms in total. The summed E-state index contributed by atoms with van der Waals surface area (Å²) in [5, 5.41) is 0. The normalized spacial score (nSPS) is 10.6. The first-order valence-corrected chi connectivity index (χ1v) is 5.68. The quantitative estimate of drug-likeness (QED) is 0.739. The summed E-state index contributed by atoms with van der Waals surface area (Å²) in [6.07, 6.45) is 0. The lowest BCUT2D eigenvalue weighted by Gasteiger charge is -2.10. The molecule has 0 amide bonds. The molecule has 0 aliphatic rings. The van der Waals surface area contributed by atoms with Gasteiger partial charge in [-0.1, -0.05) is 32.0 Å². The van der Waals surface area contributed by atoms with Crippen molar-refractivity contribution >= 4 is 0 Å². The predicted molar refractivity (Wildman–Crippen MR) is 67.0 cm³/mol. The minimum atomic E-state index is -0.262. The molecule has 0 saturated carbocycles. The van der Waals surface area contributed by atoms with Gasteiger partial charge in [-0.2, -0.15) is 0 Å². The maximum Gasteiger partial charge on any atom is 0.130 e. The summed E-state index contributed by atoms with van der Waals surface area (Å²) in [6.45, 7) is 4.06. The predicted octanol–water partition coefficient (Wildman–Crippen LogP) is 4.74. The number of halogens is 1. The Balaban J connectivity index is 2.27. The summed E-state index contributed by atoms with van der Waals surface area (Å²) in [4.78, 5) is 0. The van der Waals surface area contributed by atoms with Gasteiger partial charge in [0.25, 0.3) is 0 Å². The fourth-order valence-electron chi connectivity index (χ4n) is 1.60. The van der Waals surface area contributed by atoms with E-state index in [4.69, 9.17) is 4.74 Å². The van der Waals surface area contributed by atoms with Crippen LogP contribution in [0.2, 0.25) is 0 Å². The second-order valence-electron chi connectivity index (χ2n) is 4.29. The number of hydrogen-bond acceptors (Lipinski definition) is 1. The molecule has 0 aromatic heterocycles. The van der Waals surface area contributed by atoms with Crippen LogP contribution in [0.15, 0.2) is 48.5 Å². The summed E-state index contributed by atoms with van der Waals surface area (Å²) >= 11 is 0. The largest absolute Gasteiger partial charge is 0.457 e. The molecule has 0 fully saturated rings. The lowest BCUT2D eigenvalue weighted by molar-refractivity contribution is 0.475. The lowest BCUT2D eigenvalue weighted by Crippen LogP contribution is -1.92. The zero-order valence-corrected chi connectivity index (χ0v) is 9.98. The van der Waals surface area contributed by atoms with Gasteiger partial charge in [0.05, 0.1) is 0 Å². The highest BCUT2D eigenvalue weighted by atomic mass is 19.1. The second-order valence-corrected chi connectivity index (χ2v) is 4.29. The molecule has 0 unspecified atom stereocenters. The Labute approximate surface area is 101 Å². The number of ether oxygens (including phenoxy) is 1. The average Bonchev–Trinajstić information content (AvgIpc) is 2.29. The van der Waals surface area contributed by atoms with Gasteiger partial charge in [-0.05, 0) is 35.7 Å². The molecule has 17 heavy (non-hydrogen) atoms. The van der Waals surface area contributed by atoms with Crippen molar-refractivity contribution in [1.82, 2.24) is 0 Å². The molecule has 0 atom stereocenters. The zero-order valence-electron chi connectivity index (χ0n) is 9.98. The van der Waals surface area contributed by atoms with Crippen LogP contribution in [0.1, 0.15) is 25.3 Å². The summed E-state index contributed by atoms with van der Waals surface area (Å²) in [7, 11) is 0. The highest BCUT2D eigenvalue weighted by molar-refractivity contribution is 5.35. The molecule has 0 radical (unpaired) electrons. The van der Waals surface area contributed by atoms with Gasteiger partial charge in [0.1, 0.15) is 17.3 Å². The van der Waals surface area contributed by atoms with E-state index in [1.807, 2.05) is 50.2 Å². The topological polar surface area (TPSA) is 9.23 Å². The van der Waals surface area contributed by atoms with Crippen LogP contribution >= 0.6 is 0 Å². The van der Waals surface area contributed by atoms with Crippen molar-refractivity contribution in [2.75, 3.05) is 0 Å². The molecule has 0 heterocycles. The molecule has 0 spiro atoms. The summed E-state index contributed by atoms with van der Waals surface area (Å²) in [6, 6.07) is 14.2. The maximum absolute atomic E-state index is 13.4. The molecule has 0 N–H and O–H groups in total. The van der Waals surface area contributed by atoms with Crippen molar-refractivity contribution in [1.29, 1.82) is 0 Å². The van der Waals surface area contributed by atoms with Gasteiger partial charge in [-0.3, -0.25) is 0 Å². The monoisotopic (exact) mass is 230 g/mol. The van der Waals surface area contributed by atoms with Gasteiger partial charge in [-0.25, -0.2) is 4.39 Å². The van der Waals surface area contributed by atoms with Gasteiger partial charge >= 0.3 is 0 Å². The van der Waals surface area contributed by atoms with E-state index >= 15 is 0 Å². The van der Waals surface area contributed by atoms with Crippen molar-refractivity contribution < 1.29 is 9.13 Å². The maximum atomic E-state index is 13.4. The van der Waals surface area contributed by atoms with Crippen LogP contribution in [0.25, 0.3) is 0 Å². The van der Waals surface area contributed by atoms with Gasteiger partial charge in [-0.15, -0.1) is 0 Å². The number of hydrogen-bond donors (Lipinski definition) is 0. The van der Waals surface area contributed by atoms with Crippen molar-refractivity contribution in [2.24, 2.45) is 0 Å². The van der Waals surface area contributed by atoms with Crippen LogP contribution in [0.4, 0.5) is 4.39 Å². The fourth-order valence-corrected chi connectivity index (χ4v) is 1.60. The van der Waals surface area contributed by atoms with E-state index in [-0.39, 0.29) is 11.7 Å². The van der Waals surface area contributed by atoms with Crippen LogP contribution < -0.4 is 4.74 Å². The molecule has 2 aromatic carbocycles. The lowest BCUT2D eigenvalue weighted by atomic mass is 10.0. The van der Waals surface area contributed by atoms with E-state index in [1.54, 1.807) is 6.07 Å². The van der Waals surface area contributed by atoms with Crippen molar-refractivity contribution in [2.45, 2.75) is 19.8 Å². The summed E-state index contributed by atoms with van der Waals surface area (Å²) in [5.74, 6) is 1.28. The first-order valence-electron chi connectivity index (χ1n) is 5.68. The Morgan fingerprint density at radius 3 is 2.29 bits per heavy atom. The summed E-state index contributed by atoms with van der Waals surface area (Å²) < 4.78 is 19.0. The molecule has 2 rings (SSSR count). The van der Waals surface area contributed by atoms with E-state index in [0.717, 1.165) is 5.56 Å². The fraction of sp³-hybridized carbons (Fsp3) is 0.200. The molecular weight excluding hydrogens is 215 g/mol. The van der Waals surface area contributed by atoms with E-state index in [9.17, 15) is 4.39 Å². The zero-order chi connectivity index (χ0) is 12.3. The molecule has 2 aromatic rings. The Morgan fingerprint density at radius 2 is 1.65 bits per heavy atom. The molecule has 0 bridgehead atoms. The molecule has 0 aliphatic heterocycles. The first kappa shape index (κ1) is 11.6. The van der Waals surface area contributed by atoms with E-state index in [1.165, 1.54) is 6.07 Å². The van der Waals surface area contributed by atoms with Crippen LogP contribution in [0.5, 0.6) is 11.5 Å². The van der Waals surface area contributed by atoms with Gasteiger partial charge in [0, 0.05) is 6.07 Å². The van der Waals surface area contributed by atoms with Gasteiger partial charge in [0.2, 0.25) is 0 Å². The molecule has 2 heteroatoms. The second kappa shape index (κ2) is 5.00. The smallest absolute Gasteiger partial charge is 0.130 e. The minimum Gasteiger partial charge on any atom is -0.457 e. The Morgan fingerprint density at radius 1 is 0.941 bits per heavy atom. The first-order chi connectivity index (χ1) is 8.15. The Hall–Kier alpha value is -1.83. The number of benzene rings is 2. The third kappa shape index (κ3) is 3.06. The van der Waals surface area contributed by atoms with E-state index in [0.29, 0.717) is 11.5 Å². The molecular formula is C15H15FO. The SMILES string of the molecule is CC(C)c1cc(F)cc(Oc2ccccc2)c1. The highest BCUT2D eigenvalue weighted by Gasteiger charge is 2.05. The van der Waals surface area contributed by atoms with E-state index < -0.39 is 0 Å². The van der Waals surface area contributed by atoms with E-state index in [2.05, 4.69) is 0 Å². The van der Waals surface area contributed by atoms with Crippen molar-refractivity contribution in [3.05, 3.63) is 59.9 Å². The number of rotatable bonds is 3.